The maximum atomic E-state index is 11.0. The van der Waals surface area contributed by atoms with Crippen molar-refractivity contribution >= 4 is 22.7 Å². The molecule has 0 spiro atoms. The zero-order valence-corrected chi connectivity index (χ0v) is 11.7. The minimum absolute atomic E-state index is 0.00450. The Bertz CT molecular complexity index is 555. The minimum Gasteiger partial charge on any atom is -0.315 e. The number of hydrogen-bond acceptors (Lipinski definition) is 5. The van der Waals surface area contributed by atoms with Crippen molar-refractivity contribution in [3.8, 4) is 0 Å². The van der Waals surface area contributed by atoms with Gasteiger partial charge in [-0.1, -0.05) is 11.3 Å². The van der Waals surface area contributed by atoms with Gasteiger partial charge in [-0.2, -0.15) is 0 Å². The lowest BCUT2D eigenvalue weighted by Gasteiger charge is -2.11. The summed E-state index contributed by atoms with van der Waals surface area (Å²) in [5.41, 5.74) is 2.03. The maximum absolute atomic E-state index is 11.0. The van der Waals surface area contributed by atoms with E-state index in [9.17, 15) is 4.79 Å². The summed E-state index contributed by atoms with van der Waals surface area (Å²) in [6.07, 6.45) is 0. The Morgan fingerprint density at radius 2 is 2.29 bits per heavy atom. The quantitative estimate of drug-likeness (QED) is 0.896. The van der Waals surface area contributed by atoms with E-state index >= 15 is 0 Å². The van der Waals surface area contributed by atoms with Crippen molar-refractivity contribution in [3.05, 3.63) is 36.3 Å². The number of rotatable bonds is 4. The molecule has 0 fully saturated rings. The highest BCUT2D eigenvalue weighted by Crippen LogP contribution is 2.22. The first-order valence-electron chi connectivity index (χ1n) is 5.40. The Morgan fingerprint density at radius 3 is 2.82 bits per heavy atom. The summed E-state index contributed by atoms with van der Waals surface area (Å²) in [6, 6.07) is 0.198. The lowest BCUT2D eigenvalue weighted by Crippen LogP contribution is -2.19. The summed E-state index contributed by atoms with van der Waals surface area (Å²) in [4.78, 5) is 19.5. The molecule has 2 aromatic heterocycles. The first-order valence-corrected chi connectivity index (χ1v) is 7.10. The van der Waals surface area contributed by atoms with Crippen molar-refractivity contribution in [3.63, 3.8) is 0 Å². The molecule has 2 N–H and O–H groups in total. The molecule has 0 amide bonds. The number of hydrogen-bond donors (Lipinski definition) is 2. The minimum atomic E-state index is -0.00450. The Kier molecular flexibility index (Phi) is 3.76. The van der Waals surface area contributed by atoms with Gasteiger partial charge in [-0.15, -0.1) is 11.3 Å². The first kappa shape index (κ1) is 12.5. The van der Waals surface area contributed by atoms with Crippen molar-refractivity contribution in [1.29, 1.82) is 0 Å². The third kappa shape index (κ3) is 3.02. The maximum Gasteiger partial charge on any atom is 0.304 e. The Morgan fingerprint density at radius 1 is 1.53 bits per heavy atom. The second kappa shape index (κ2) is 5.12. The van der Waals surface area contributed by atoms with Crippen LogP contribution in [0.25, 0.3) is 0 Å². The third-order valence-corrected chi connectivity index (χ3v) is 4.14. The van der Waals surface area contributed by atoms with Gasteiger partial charge in [-0.05, 0) is 20.8 Å². The summed E-state index contributed by atoms with van der Waals surface area (Å²) >= 11 is 2.91. The number of aromatic amines is 1. The molecule has 17 heavy (non-hydrogen) atoms. The van der Waals surface area contributed by atoms with Gasteiger partial charge in [-0.25, -0.2) is 4.98 Å². The van der Waals surface area contributed by atoms with Crippen LogP contribution in [0, 0.1) is 13.8 Å². The highest BCUT2D eigenvalue weighted by molar-refractivity contribution is 7.11. The zero-order valence-electron chi connectivity index (χ0n) is 10.0. The molecule has 0 aromatic carbocycles. The van der Waals surface area contributed by atoms with Crippen LogP contribution in [0.1, 0.15) is 34.2 Å². The molecule has 0 saturated carbocycles. The summed E-state index contributed by atoms with van der Waals surface area (Å²) in [7, 11) is 0. The van der Waals surface area contributed by atoms with E-state index in [0.717, 1.165) is 16.4 Å². The average molecular weight is 269 g/mol. The average Bonchev–Trinajstić information content (AvgIpc) is 2.81. The summed E-state index contributed by atoms with van der Waals surface area (Å²) in [5.74, 6) is 0. The number of thiazole rings is 2. The largest absolute Gasteiger partial charge is 0.315 e. The van der Waals surface area contributed by atoms with E-state index in [0.29, 0.717) is 6.54 Å². The number of aryl methyl sites for hydroxylation is 2. The molecule has 92 valence electrons. The van der Waals surface area contributed by atoms with Crippen molar-refractivity contribution in [2.24, 2.45) is 0 Å². The molecular formula is C11H15N3OS2. The smallest absolute Gasteiger partial charge is 0.304 e. The highest BCUT2D eigenvalue weighted by Gasteiger charge is 2.12. The molecule has 1 unspecified atom stereocenters. The topological polar surface area (TPSA) is 57.8 Å². The molecule has 2 aromatic rings. The van der Waals surface area contributed by atoms with E-state index in [2.05, 4.69) is 29.1 Å². The number of nitrogens with zero attached hydrogens (tertiary/aromatic N) is 1. The van der Waals surface area contributed by atoms with Crippen LogP contribution in [0.15, 0.2) is 10.2 Å². The fourth-order valence-corrected chi connectivity index (χ4v) is 3.20. The van der Waals surface area contributed by atoms with Gasteiger partial charge in [0, 0.05) is 28.5 Å². The standard InChI is InChI=1S/C11H15N3OS2/c1-6(10-7(2)17-8(3)13-10)12-4-9-5-16-11(15)14-9/h5-6,12H,4H2,1-3H3,(H,14,15). The number of nitrogens with one attached hydrogen (secondary N) is 2. The van der Waals surface area contributed by atoms with Crippen LogP contribution in [-0.2, 0) is 6.54 Å². The molecular weight excluding hydrogens is 254 g/mol. The normalized spacial score (nSPS) is 12.9. The van der Waals surface area contributed by atoms with E-state index in [4.69, 9.17) is 0 Å². The van der Waals surface area contributed by atoms with Gasteiger partial charge in [0.1, 0.15) is 0 Å². The van der Waals surface area contributed by atoms with Crippen molar-refractivity contribution in [2.75, 3.05) is 0 Å². The molecule has 6 heteroatoms. The Hall–Kier alpha value is -0.980. The molecule has 0 radical (unpaired) electrons. The summed E-state index contributed by atoms with van der Waals surface area (Å²) in [5, 5.41) is 6.30. The zero-order chi connectivity index (χ0) is 12.4. The highest BCUT2D eigenvalue weighted by atomic mass is 32.1. The van der Waals surface area contributed by atoms with Crippen molar-refractivity contribution in [1.82, 2.24) is 15.3 Å². The Balaban J connectivity index is 2.00. The van der Waals surface area contributed by atoms with Gasteiger partial charge in [0.05, 0.1) is 10.7 Å². The predicted molar refractivity (Wildman–Crippen MR) is 71.8 cm³/mol. The molecule has 0 aliphatic rings. The van der Waals surface area contributed by atoms with Gasteiger partial charge in [0.2, 0.25) is 0 Å². The number of H-pyrrole nitrogens is 1. The Labute approximate surface area is 108 Å². The first-order chi connectivity index (χ1) is 8.06. The summed E-state index contributed by atoms with van der Waals surface area (Å²) in [6.45, 7) is 6.86. The van der Waals surface area contributed by atoms with Crippen LogP contribution < -0.4 is 10.2 Å². The van der Waals surface area contributed by atoms with Gasteiger partial charge >= 0.3 is 4.87 Å². The molecule has 2 heterocycles. The van der Waals surface area contributed by atoms with Gasteiger partial charge < -0.3 is 10.3 Å². The summed E-state index contributed by atoms with van der Waals surface area (Å²) < 4.78 is 0. The lowest BCUT2D eigenvalue weighted by molar-refractivity contribution is 0.555. The van der Waals surface area contributed by atoms with Crippen LogP contribution >= 0.6 is 22.7 Å². The fourth-order valence-electron chi connectivity index (χ4n) is 1.71. The van der Waals surface area contributed by atoms with Crippen LogP contribution in [0.5, 0.6) is 0 Å². The monoisotopic (exact) mass is 269 g/mol. The van der Waals surface area contributed by atoms with Crippen LogP contribution in [-0.4, -0.2) is 9.97 Å². The van der Waals surface area contributed by atoms with Crippen LogP contribution in [0.3, 0.4) is 0 Å². The fraction of sp³-hybridized carbons (Fsp3) is 0.455. The second-order valence-corrected chi connectivity index (χ2v) is 6.20. The molecule has 0 aliphatic carbocycles. The molecule has 0 bridgehead atoms. The van der Waals surface area contributed by atoms with Gasteiger partial charge in [0.25, 0.3) is 0 Å². The molecule has 4 nitrogen and oxygen atoms in total. The predicted octanol–water partition coefficient (Wildman–Crippen LogP) is 2.36. The van der Waals surface area contributed by atoms with E-state index in [-0.39, 0.29) is 10.9 Å². The van der Waals surface area contributed by atoms with Gasteiger partial charge in [-0.3, -0.25) is 4.79 Å². The van der Waals surface area contributed by atoms with Crippen LogP contribution in [0.4, 0.5) is 0 Å². The van der Waals surface area contributed by atoms with E-state index in [1.807, 2.05) is 12.3 Å². The van der Waals surface area contributed by atoms with Crippen LogP contribution in [0.2, 0.25) is 0 Å². The van der Waals surface area contributed by atoms with E-state index < -0.39 is 0 Å². The lowest BCUT2D eigenvalue weighted by atomic mass is 10.2. The van der Waals surface area contributed by atoms with Crippen molar-refractivity contribution < 1.29 is 0 Å². The molecule has 2 rings (SSSR count). The van der Waals surface area contributed by atoms with Gasteiger partial charge in [0.15, 0.2) is 0 Å². The SMILES string of the molecule is Cc1nc(C(C)NCc2csc(=O)[nH]2)c(C)s1. The van der Waals surface area contributed by atoms with E-state index in [1.54, 1.807) is 11.3 Å². The second-order valence-electron chi connectivity index (χ2n) is 3.95. The molecule has 0 saturated heterocycles. The molecule has 0 aliphatic heterocycles. The molecule has 1 atom stereocenters. The van der Waals surface area contributed by atoms with Crippen molar-refractivity contribution in [2.45, 2.75) is 33.4 Å². The number of aromatic nitrogens is 2. The van der Waals surface area contributed by atoms with E-state index in [1.165, 1.54) is 16.2 Å². The third-order valence-electron chi connectivity index (χ3n) is 2.52.